The molecule has 3 aromatic heterocycles. The summed E-state index contributed by atoms with van der Waals surface area (Å²) in [6, 6.07) is 77.7. The average Bonchev–Trinajstić information content (AvgIpc) is 3.99. The highest BCUT2D eigenvalue weighted by atomic mass is 16.3. The van der Waals surface area contributed by atoms with E-state index in [0.29, 0.717) is 17.5 Å². The molecule has 0 spiro atoms. The number of hydrogen-bond acceptors (Lipinski definition) is 4. The number of furan rings is 1. The third-order valence-electron chi connectivity index (χ3n) is 12.9. The van der Waals surface area contributed by atoms with Crippen LogP contribution in [-0.2, 0) is 5.41 Å². The molecule has 13 rings (SSSR count). The number of nitrogens with zero attached hydrogens (tertiary/aromatic N) is 4. The molecule has 0 fully saturated rings. The summed E-state index contributed by atoms with van der Waals surface area (Å²) in [7, 11) is 0. The molecule has 1 aliphatic rings. The predicted octanol–water partition coefficient (Wildman–Crippen LogP) is 14.2. The van der Waals surface area contributed by atoms with E-state index in [9.17, 15) is 0 Å². The second kappa shape index (κ2) is 13.8. The van der Waals surface area contributed by atoms with Crippen molar-refractivity contribution < 1.29 is 4.42 Å². The Morgan fingerprint density at radius 3 is 1.51 bits per heavy atom. The van der Waals surface area contributed by atoms with Crippen LogP contribution in [-0.4, -0.2) is 19.5 Å². The van der Waals surface area contributed by atoms with Gasteiger partial charge in [-0.15, -0.1) is 0 Å². The van der Waals surface area contributed by atoms with Crippen LogP contribution in [0.1, 0.15) is 22.3 Å². The van der Waals surface area contributed by atoms with E-state index in [1.807, 2.05) is 72.8 Å². The Morgan fingerprint density at radius 2 is 0.873 bits per heavy atom. The van der Waals surface area contributed by atoms with Gasteiger partial charge in [0.15, 0.2) is 17.5 Å². The number of fused-ring (bicyclic) bond motifs is 9. The summed E-state index contributed by atoms with van der Waals surface area (Å²) in [5.74, 6) is 1.89. The molecule has 63 heavy (non-hydrogen) atoms. The molecular weight excluding hydrogens is 769 g/mol. The van der Waals surface area contributed by atoms with Crippen LogP contribution in [0, 0.1) is 0 Å². The zero-order chi connectivity index (χ0) is 41.5. The molecular formula is C58H36N4O. The molecule has 0 aliphatic heterocycles. The summed E-state index contributed by atoms with van der Waals surface area (Å²) < 4.78 is 8.92. The minimum atomic E-state index is -0.538. The molecule has 5 nitrogen and oxygen atoms in total. The summed E-state index contributed by atoms with van der Waals surface area (Å²) in [5.41, 5.74) is 14.8. The molecule has 0 saturated carbocycles. The van der Waals surface area contributed by atoms with E-state index < -0.39 is 5.41 Å². The highest BCUT2D eigenvalue weighted by Gasteiger charge is 2.46. The smallest absolute Gasteiger partial charge is 0.164 e. The maximum absolute atomic E-state index is 6.50. The summed E-state index contributed by atoms with van der Waals surface area (Å²) >= 11 is 0. The van der Waals surface area contributed by atoms with Gasteiger partial charge >= 0.3 is 0 Å². The first kappa shape index (κ1) is 35.4. The lowest BCUT2D eigenvalue weighted by Gasteiger charge is -2.34. The lowest BCUT2D eigenvalue weighted by Crippen LogP contribution is -2.28. The third-order valence-corrected chi connectivity index (χ3v) is 12.9. The Kier molecular flexibility index (Phi) is 7.75. The van der Waals surface area contributed by atoms with Gasteiger partial charge in [0.25, 0.3) is 0 Å². The molecule has 5 heteroatoms. The van der Waals surface area contributed by atoms with Crippen LogP contribution in [0.3, 0.4) is 0 Å². The van der Waals surface area contributed by atoms with E-state index in [2.05, 4.69) is 150 Å². The van der Waals surface area contributed by atoms with Crippen LogP contribution in [0.4, 0.5) is 0 Å². The first-order valence-corrected chi connectivity index (χ1v) is 21.3. The number of aromatic nitrogens is 4. The van der Waals surface area contributed by atoms with E-state index in [1.165, 1.54) is 33.4 Å². The van der Waals surface area contributed by atoms with Gasteiger partial charge in [0.05, 0.1) is 16.4 Å². The largest absolute Gasteiger partial charge is 0.456 e. The van der Waals surface area contributed by atoms with Crippen LogP contribution in [0.5, 0.6) is 0 Å². The predicted molar refractivity (Wildman–Crippen MR) is 255 cm³/mol. The van der Waals surface area contributed by atoms with Crippen molar-refractivity contribution in [3.63, 3.8) is 0 Å². The van der Waals surface area contributed by atoms with Gasteiger partial charge < -0.3 is 8.98 Å². The Morgan fingerprint density at radius 1 is 0.349 bits per heavy atom. The van der Waals surface area contributed by atoms with Crippen LogP contribution in [0.15, 0.2) is 223 Å². The monoisotopic (exact) mass is 804 g/mol. The fourth-order valence-electron chi connectivity index (χ4n) is 10.2. The molecule has 0 unspecified atom stereocenters. The van der Waals surface area contributed by atoms with Gasteiger partial charge in [0.2, 0.25) is 0 Å². The summed E-state index contributed by atoms with van der Waals surface area (Å²) in [4.78, 5) is 15.0. The zero-order valence-electron chi connectivity index (χ0n) is 34.0. The van der Waals surface area contributed by atoms with Crippen LogP contribution >= 0.6 is 0 Å². The number of hydrogen-bond donors (Lipinski definition) is 0. The van der Waals surface area contributed by atoms with Crippen molar-refractivity contribution in [2.24, 2.45) is 0 Å². The number of para-hydroxylation sites is 1. The average molecular weight is 805 g/mol. The topological polar surface area (TPSA) is 56.7 Å². The van der Waals surface area contributed by atoms with E-state index >= 15 is 0 Å². The Balaban J connectivity index is 1.06. The molecule has 3 heterocycles. The lowest BCUT2D eigenvalue weighted by molar-refractivity contribution is 0.669. The lowest BCUT2D eigenvalue weighted by atomic mass is 9.67. The van der Waals surface area contributed by atoms with Gasteiger partial charge in [-0.3, -0.25) is 0 Å². The van der Waals surface area contributed by atoms with Crippen LogP contribution in [0.25, 0.3) is 94.7 Å². The van der Waals surface area contributed by atoms with Crippen LogP contribution < -0.4 is 0 Å². The summed E-state index contributed by atoms with van der Waals surface area (Å²) in [6.45, 7) is 0. The zero-order valence-corrected chi connectivity index (χ0v) is 34.0. The standard InChI is InChI=1S/C58H36N4O/c1-4-16-37(17-5-1)55-59-56(38-18-6-2-7-19-38)61-57(60-55)39-28-31-42(32-29-39)62-51-34-41(30-33-45(51)47-36-54-48(35-52(47)62)46-24-12-15-27-53(46)63-54)58(40-20-8-3-9-21-40)49-25-13-10-22-43(49)44-23-11-14-26-50(44)58/h1-36H. The summed E-state index contributed by atoms with van der Waals surface area (Å²) in [5, 5.41) is 4.47. The third kappa shape index (κ3) is 5.33. The molecule has 0 atom stereocenters. The number of rotatable bonds is 6. The molecule has 0 amide bonds. The van der Waals surface area contributed by atoms with Gasteiger partial charge in [0, 0.05) is 43.9 Å². The van der Waals surface area contributed by atoms with Crippen molar-refractivity contribution in [1.82, 2.24) is 19.5 Å². The van der Waals surface area contributed by atoms with Gasteiger partial charge in [-0.25, -0.2) is 15.0 Å². The van der Waals surface area contributed by atoms with Crippen molar-refractivity contribution in [2.75, 3.05) is 0 Å². The first-order valence-electron chi connectivity index (χ1n) is 21.3. The van der Waals surface area contributed by atoms with E-state index in [1.54, 1.807) is 0 Å². The van der Waals surface area contributed by atoms with Crippen molar-refractivity contribution in [2.45, 2.75) is 5.41 Å². The fourth-order valence-corrected chi connectivity index (χ4v) is 10.2. The molecule has 9 aromatic carbocycles. The molecule has 0 saturated heterocycles. The van der Waals surface area contributed by atoms with Crippen molar-refractivity contribution in [1.29, 1.82) is 0 Å². The maximum atomic E-state index is 6.50. The Labute approximate surface area is 363 Å². The Bertz CT molecular complexity index is 3620. The van der Waals surface area contributed by atoms with E-state index in [4.69, 9.17) is 19.4 Å². The molecule has 1 aliphatic carbocycles. The molecule has 294 valence electrons. The SMILES string of the molecule is c1ccc(-c2nc(-c3ccccc3)nc(-c3ccc(-n4c5cc(C6(c7ccccc7)c7ccccc7-c7ccccc76)ccc5c5cc6oc7ccccc7c6cc54)cc3)n2)cc1. The first-order chi connectivity index (χ1) is 31.2. The van der Waals surface area contributed by atoms with Crippen molar-refractivity contribution >= 4 is 43.7 Å². The minimum absolute atomic E-state index is 0.538. The highest BCUT2D eigenvalue weighted by molar-refractivity contribution is 6.17. The normalized spacial score (nSPS) is 12.9. The molecule has 12 aromatic rings. The highest BCUT2D eigenvalue weighted by Crippen LogP contribution is 2.56. The van der Waals surface area contributed by atoms with Gasteiger partial charge in [-0.05, 0) is 81.9 Å². The Hall–Kier alpha value is -8.41. The quantitative estimate of drug-likeness (QED) is 0.168. The summed E-state index contributed by atoms with van der Waals surface area (Å²) in [6.07, 6.45) is 0. The maximum Gasteiger partial charge on any atom is 0.164 e. The van der Waals surface area contributed by atoms with Gasteiger partial charge in [-0.1, -0.05) is 170 Å². The van der Waals surface area contributed by atoms with Gasteiger partial charge in [0.1, 0.15) is 11.2 Å². The van der Waals surface area contributed by atoms with Crippen molar-refractivity contribution in [3.05, 3.63) is 241 Å². The van der Waals surface area contributed by atoms with E-state index in [0.717, 1.165) is 66.1 Å². The van der Waals surface area contributed by atoms with E-state index in [-0.39, 0.29) is 0 Å². The minimum Gasteiger partial charge on any atom is -0.456 e. The van der Waals surface area contributed by atoms with Crippen molar-refractivity contribution in [3.8, 4) is 51.0 Å². The molecule has 0 bridgehead atoms. The van der Waals surface area contributed by atoms with Crippen LogP contribution in [0.2, 0.25) is 0 Å². The molecule has 0 N–H and O–H groups in total. The fraction of sp³-hybridized carbons (Fsp3) is 0.0172. The molecule has 0 radical (unpaired) electrons. The second-order valence-corrected chi connectivity index (χ2v) is 16.3. The second-order valence-electron chi connectivity index (χ2n) is 16.3. The van der Waals surface area contributed by atoms with Gasteiger partial charge in [-0.2, -0.15) is 0 Å². The number of benzene rings is 9.